The number of rotatable bonds is 6. The zero-order chi connectivity index (χ0) is 19.2. The number of hydrogen-bond acceptors (Lipinski definition) is 5. The zero-order valence-electron chi connectivity index (χ0n) is 14.0. The highest BCUT2D eigenvalue weighted by molar-refractivity contribution is 7.92. The summed E-state index contributed by atoms with van der Waals surface area (Å²) in [5.41, 5.74) is 1.81. The molecule has 0 aliphatic rings. The largest absolute Gasteiger partial charge is 0.326 e. The van der Waals surface area contributed by atoms with Gasteiger partial charge in [0.15, 0.2) is 0 Å². The molecular weight excluding hydrogens is 352 g/mol. The molecule has 26 heavy (non-hydrogen) atoms. The number of nitriles is 2. The molecule has 0 unspecified atom stereocenters. The second kappa shape index (κ2) is 8.15. The Kier molecular flexibility index (Phi) is 5.94. The van der Waals surface area contributed by atoms with E-state index in [-0.39, 0.29) is 18.9 Å². The molecule has 0 spiro atoms. The summed E-state index contributed by atoms with van der Waals surface area (Å²) in [5, 5.41) is 20.2. The van der Waals surface area contributed by atoms with Gasteiger partial charge in [0.05, 0.1) is 35.2 Å². The van der Waals surface area contributed by atoms with Crippen molar-refractivity contribution in [3.8, 4) is 12.1 Å². The van der Waals surface area contributed by atoms with Crippen molar-refractivity contribution in [2.24, 2.45) is 0 Å². The second-order valence-corrected chi connectivity index (χ2v) is 7.39. The third-order valence-electron chi connectivity index (χ3n) is 3.52. The van der Waals surface area contributed by atoms with Gasteiger partial charge in [0, 0.05) is 18.7 Å². The van der Waals surface area contributed by atoms with E-state index < -0.39 is 10.0 Å². The van der Waals surface area contributed by atoms with E-state index in [2.05, 4.69) is 5.32 Å². The number of sulfonamides is 1. The first-order valence-electron chi connectivity index (χ1n) is 7.61. The Morgan fingerprint density at radius 3 is 1.96 bits per heavy atom. The summed E-state index contributed by atoms with van der Waals surface area (Å²) in [7, 11) is -3.58. The SMILES string of the molecule is CS(=O)(=O)N(CCC(=O)Nc1ccc(C#N)cc1)c1ccc(C#N)cc1. The molecule has 0 bridgehead atoms. The van der Waals surface area contributed by atoms with Gasteiger partial charge in [0.2, 0.25) is 15.9 Å². The highest BCUT2D eigenvalue weighted by Crippen LogP contribution is 2.19. The van der Waals surface area contributed by atoms with E-state index in [1.165, 1.54) is 24.3 Å². The van der Waals surface area contributed by atoms with Gasteiger partial charge in [-0.05, 0) is 48.5 Å². The molecule has 0 heterocycles. The summed E-state index contributed by atoms with van der Waals surface area (Å²) in [5.74, 6) is -0.350. The van der Waals surface area contributed by atoms with Crippen LogP contribution in [0.25, 0.3) is 0 Å². The van der Waals surface area contributed by atoms with Crippen molar-refractivity contribution in [3.05, 3.63) is 59.7 Å². The van der Waals surface area contributed by atoms with Crippen LogP contribution in [-0.4, -0.2) is 27.1 Å². The lowest BCUT2D eigenvalue weighted by molar-refractivity contribution is -0.116. The number of nitrogens with zero attached hydrogens (tertiary/aromatic N) is 3. The van der Waals surface area contributed by atoms with E-state index in [1.807, 2.05) is 12.1 Å². The first-order valence-corrected chi connectivity index (χ1v) is 9.46. The van der Waals surface area contributed by atoms with Gasteiger partial charge in [-0.3, -0.25) is 9.10 Å². The molecule has 0 aliphatic heterocycles. The van der Waals surface area contributed by atoms with Crippen LogP contribution in [0.5, 0.6) is 0 Å². The van der Waals surface area contributed by atoms with Crippen LogP contribution in [0.4, 0.5) is 11.4 Å². The quantitative estimate of drug-likeness (QED) is 0.840. The maximum absolute atomic E-state index is 12.1. The minimum absolute atomic E-state index is 0.0349. The number of anilines is 2. The lowest BCUT2D eigenvalue weighted by atomic mass is 10.2. The second-order valence-electron chi connectivity index (χ2n) is 5.48. The van der Waals surface area contributed by atoms with Gasteiger partial charge in [0.25, 0.3) is 0 Å². The van der Waals surface area contributed by atoms with Gasteiger partial charge in [-0.15, -0.1) is 0 Å². The maximum Gasteiger partial charge on any atom is 0.232 e. The topological polar surface area (TPSA) is 114 Å². The normalized spacial score (nSPS) is 10.4. The van der Waals surface area contributed by atoms with Gasteiger partial charge >= 0.3 is 0 Å². The smallest absolute Gasteiger partial charge is 0.232 e. The van der Waals surface area contributed by atoms with E-state index in [0.29, 0.717) is 22.5 Å². The minimum atomic E-state index is -3.58. The Hall–Kier alpha value is -3.36. The van der Waals surface area contributed by atoms with Crippen LogP contribution in [0.3, 0.4) is 0 Å². The van der Waals surface area contributed by atoms with Crippen LogP contribution in [0.2, 0.25) is 0 Å². The summed E-state index contributed by atoms with van der Waals surface area (Å²) in [6.45, 7) is -0.0349. The van der Waals surface area contributed by atoms with E-state index >= 15 is 0 Å². The van der Waals surface area contributed by atoms with Crippen molar-refractivity contribution in [3.63, 3.8) is 0 Å². The molecule has 0 saturated carbocycles. The average molecular weight is 368 g/mol. The first-order chi connectivity index (χ1) is 12.3. The Labute approximate surface area is 152 Å². The van der Waals surface area contributed by atoms with Gasteiger partial charge < -0.3 is 5.32 Å². The predicted molar refractivity (Wildman–Crippen MR) is 97.8 cm³/mol. The van der Waals surface area contributed by atoms with Gasteiger partial charge in [-0.2, -0.15) is 10.5 Å². The van der Waals surface area contributed by atoms with E-state index in [9.17, 15) is 13.2 Å². The molecule has 2 rings (SSSR count). The number of nitrogens with one attached hydrogen (secondary N) is 1. The molecule has 132 valence electrons. The van der Waals surface area contributed by atoms with Gasteiger partial charge in [0.1, 0.15) is 0 Å². The van der Waals surface area contributed by atoms with E-state index in [0.717, 1.165) is 10.6 Å². The molecule has 2 aromatic carbocycles. The molecule has 7 nitrogen and oxygen atoms in total. The molecule has 8 heteroatoms. The Bertz CT molecular complexity index is 969. The summed E-state index contributed by atoms with van der Waals surface area (Å²) in [4.78, 5) is 12.1. The number of carbonyl (C=O) groups excluding carboxylic acids is 1. The zero-order valence-corrected chi connectivity index (χ0v) is 14.8. The summed E-state index contributed by atoms with van der Waals surface area (Å²) >= 11 is 0. The van der Waals surface area contributed by atoms with Crippen molar-refractivity contribution in [1.29, 1.82) is 10.5 Å². The number of benzene rings is 2. The van der Waals surface area contributed by atoms with Crippen molar-refractivity contribution in [2.75, 3.05) is 22.4 Å². The molecular formula is C18H16N4O3S. The third-order valence-corrected chi connectivity index (χ3v) is 4.72. The monoisotopic (exact) mass is 368 g/mol. The van der Waals surface area contributed by atoms with Crippen LogP contribution < -0.4 is 9.62 Å². The molecule has 0 saturated heterocycles. The highest BCUT2D eigenvalue weighted by Gasteiger charge is 2.18. The van der Waals surface area contributed by atoms with Gasteiger partial charge in [-0.25, -0.2) is 8.42 Å². The standard InChI is InChI=1S/C18H16N4O3S/c1-26(24,25)22(17-8-4-15(13-20)5-9-17)11-10-18(23)21-16-6-2-14(12-19)3-7-16/h2-9H,10-11H2,1H3,(H,21,23). The van der Waals surface area contributed by atoms with E-state index in [1.54, 1.807) is 24.3 Å². The fourth-order valence-corrected chi connectivity index (χ4v) is 3.17. The fraction of sp³-hybridized carbons (Fsp3) is 0.167. The van der Waals surface area contributed by atoms with Crippen molar-refractivity contribution >= 4 is 27.3 Å². The molecule has 1 amide bonds. The average Bonchev–Trinajstić information content (AvgIpc) is 2.62. The molecule has 2 aromatic rings. The van der Waals surface area contributed by atoms with Crippen LogP contribution in [0.1, 0.15) is 17.5 Å². The highest BCUT2D eigenvalue weighted by atomic mass is 32.2. The van der Waals surface area contributed by atoms with Crippen LogP contribution in [0.15, 0.2) is 48.5 Å². The van der Waals surface area contributed by atoms with Crippen molar-refractivity contribution in [1.82, 2.24) is 0 Å². The number of carbonyl (C=O) groups is 1. The van der Waals surface area contributed by atoms with Gasteiger partial charge in [-0.1, -0.05) is 0 Å². The van der Waals surface area contributed by atoms with Crippen LogP contribution >= 0.6 is 0 Å². The fourth-order valence-electron chi connectivity index (χ4n) is 2.24. The summed E-state index contributed by atoms with van der Waals surface area (Å²) in [6.07, 6.45) is 1.01. The maximum atomic E-state index is 12.1. The first kappa shape index (κ1) is 19.0. The van der Waals surface area contributed by atoms with Crippen molar-refractivity contribution in [2.45, 2.75) is 6.42 Å². The Morgan fingerprint density at radius 2 is 1.50 bits per heavy atom. The molecule has 0 fully saturated rings. The van der Waals surface area contributed by atoms with E-state index in [4.69, 9.17) is 10.5 Å². The van der Waals surface area contributed by atoms with Crippen LogP contribution in [-0.2, 0) is 14.8 Å². The predicted octanol–water partition coefficient (Wildman–Crippen LogP) is 2.22. The lowest BCUT2D eigenvalue weighted by Crippen LogP contribution is -2.33. The summed E-state index contributed by atoms with van der Waals surface area (Å²) < 4.78 is 25.2. The Balaban J connectivity index is 2.05. The van der Waals surface area contributed by atoms with Crippen LogP contribution in [0, 0.1) is 22.7 Å². The molecule has 0 atom stereocenters. The Morgan fingerprint density at radius 1 is 1.00 bits per heavy atom. The third kappa shape index (κ3) is 5.07. The molecule has 0 radical (unpaired) electrons. The lowest BCUT2D eigenvalue weighted by Gasteiger charge is -2.22. The molecule has 0 aromatic heterocycles. The minimum Gasteiger partial charge on any atom is -0.326 e. The number of hydrogen-bond donors (Lipinski definition) is 1. The number of amides is 1. The summed E-state index contributed by atoms with van der Waals surface area (Å²) in [6, 6.07) is 16.4. The van der Waals surface area contributed by atoms with Crippen molar-refractivity contribution < 1.29 is 13.2 Å². The molecule has 1 N–H and O–H groups in total. The molecule has 0 aliphatic carbocycles.